The van der Waals surface area contributed by atoms with E-state index in [0.717, 1.165) is 24.0 Å². The fraction of sp³-hybridized carbons (Fsp3) is 0.571. The summed E-state index contributed by atoms with van der Waals surface area (Å²) < 4.78 is 26.2. The van der Waals surface area contributed by atoms with Crippen molar-refractivity contribution in [1.29, 1.82) is 0 Å². The summed E-state index contributed by atoms with van der Waals surface area (Å²) >= 11 is 0. The van der Waals surface area contributed by atoms with Crippen molar-refractivity contribution >= 4 is 15.7 Å². The lowest BCUT2D eigenvalue weighted by molar-refractivity contribution is 0.281. The summed E-state index contributed by atoms with van der Waals surface area (Å²) in [5.41, 5.74) is 8.13. The molecule has 0 saturated heterocycles. The molecule has 20 heavy (non-hydrogen) atoms. The Labute approximate surface area is 121 Å². The van der Waals surface area contributed by atoms with Gasteiger partial charge in [-0.2, -0.15) is 0 Å². The average molecular weight is 300 g/mol. The van der Waals surface area contributed by atoms with E-state index in [1.165, 1.54) is 10.4 Å². The van der Waals surface area contributed by atoms with Gasteiger partial charge in [-0.25, -0.2) is 12.7 Å². The first-order chi connectivity index (χ1) is 9.30. The minimum atomic E-state index is -3.50. The number of hydrogen-bond donors (Lipinski definition) is 2. The molecule has 114 valence electrons. The van der Waals surface area contributed by atoms with Gasteiger partial charge in [0.1, 0.15) is 0 Å². The highest BCUT2D eigenvalue weighted by atomic mass is 32.2. The SMILES string of the molecule is Cc1cc(S(=O)(=O)N(C)CCCCCO)cc(N)c1C. The number of hydrogen-bond acceptors (Lipinski definition) is 4. The second-order valence-corrected chi connectivity index (χ2v) is 7.11. The predicted molar refractivity (Wildman–Crippen MR) is 81.1 cm³/mol. The van der Waals surface area contributed by atoms with Crippen LogP contribution in [0.2, 0.25) is 0 Å². The minimum Gasteiger partial charge on any atom is -0.398 e. The fourth-order valence-corrected chi connectivity index (χ4v) is 3.26. The van der Waals surface area contributed by atoms with E-state index in [2.05, 4.69) is 0 Å². The quantitative estimate of drug-likeness (QED) is 0.592. The van der Waals surface area contributed by atoms with Crippen LogP contribution in [0.25, 0.3) is 0 Å². The Kier molecular flexibility index (Phi) is 5.98. The standard InChI is InChI=1S/C14H24N2O3S/c1-11-9-13(10-14(15)12(11)2)20(18,19)16(3)7-5-4-6-8-17/h9-10,17H,4-8,15H2,1-3H3. The molecule has 6 heteroatoms. The van der Waals surface area contributed by atoms with Crippen LogP contribution in [0.3, 0.4) is 0 Å². The van der Waals surface area contributed by atoms with Crippen LogP contribution in [0.15, 0.2) is 17.0 Å². The van der Waals surface area contributed by atoms with Crippen LogP contribution < -0.4 is 5.73 Å². The van der Waals surface area contributed by atoms with Gasteiger partial charge in [-0.15, -0.1) is 0 Å². The van der Waals surface area contributed by atoms with Crippen molar-refractivity contribution in [2.45, 2.75) is 38.0 Å². The van der Waals surface area contributed by atoms with E-state index in [1.807, 2.05) is 13.8 Å². The van der Waals surface area contributed by atoms with E-state index >= 15 is 0 Å². The van der Waals surface area contributed by atoms with Crippen LogP contribution in [0.4, 0.5) is 5.69 Å². The predicted octanol–water partition coefficient (Wildman–Crippen LogP) is 1.67. The molecule has 0 bridgehead atoms. The summed E-state index contributed by atoms with van der Waals surface area (Å²) in [7, 11) is -1.93. The Balaban J connectivity index is 2.88. The Bertz CT molecular complexity index is 533. The number of benzene rings is 1. The lowest BCUT2D eigenvalue weighted by Crippen LogP contribution is -2.28. The first-order valence-corrected chi connectivity index (χ1v) is 8.18. The second-order valence-electron chi connectivity index (χ2n) is 5.07. The van der Waals surface area contributed by atoms with Crippen molar-refractivity contribution in [3.8, 4) is 0 Å². The topological polar surface area (TPSA) is 83.6 Å². The monoisotopic (exact) mass is 300 g/mol. The first-order valence-electron chi connectivity index (χ1n) is 6.74. The van der Waals surface area contributed by atoms with Crippen molar-refractivity contribution in [2.75, 3.05) is 25.9 Å². The molecule has 1 aromatic rings. The number of aryl methyl sites for hydroxylation is 1. The number of nitrogens with two attached hydrogens (primary N) is 1. The Morgan fingerprint density at radius 2 is 1.85 bits per heavy atom. The second kappa shape index (κ2) is 7.06. The zero-order chi connectivity index (χ0) is 15.3. The van der Waals surface area contributed by atoms with Crippen LogP contribution in [0.5, 0.6) is 0 Å². The number of anilines is 1. The maximum Gasteiger partial charge on any atom is 0.242 e. The number of rotatable bonds is 7. The third kappa shape index (κ3) is 3.94. The molecule has 0 unspecified atom stereocenters. The van der Waals surface area contributed by atoms with Gasteiger partial charge < -0.3 is 10.8 Å². The normalized spacial score (nSPS) is 12.1. The van der Waals surface area contributed by atoms with E-state index in [4.69, 9.17) is 10.8 Å². The molecule has 5 nitrogen and oxygen atoms in total. The van der Waals surface area contributed by atoms with Crippen molar-refractivity contribution in [1.82, 2.24) is 4.31 Å². The molecule has 0 aliphatic heterocycles. The van der Waals surface area contributed by atoms with Crippen LogP contribution in [-0.4, -0.2) is 38.0 Å². The Morgan fingerprint density at radius 1 is 1.20 bits per heavy atom. The van der Waals surface area contributed by atoms with Crippen LogP contribution in [0, 0.1) is 13.8 Å². The zero-order valence-electron chi connectivity index (χ0n) is 12.4. The molecule has 0 aliphatic rings. The third-order valence-corrected chi connectivity index (χ3v) is 5.35. The molecule has 0 saturated carbocycles. The lowest BCUT2D eigenvalue weighted by Gasteiger charge is -2.18. The van der Waals surface area contributed by atoms with Gasteiger partial charge in [0.25, 0.3) is 0 Å². The highest BCUT2D eigenvalue weighted by Crippen LogP contribution is 2.23. The van der Waals surface area contributed by atoms with Crippen molar-refractivity contribution < 1.29 is 13.5 Å². The van der Waals surface area contributed by atoms with Gasteiger partial charge >= 0.3 is 0 Å². The van der Waals surface area contributed by atoms with Crippen molar-refractivity contribution in [2.24, 2.45) is 0 Å². The molecule has 0 aliphatic carbocycles. The number of unbranched alkanes of at least 4 members (excludes halogenated alkanes) is 2. The first kappa shape index (κ1) is 16.9. The van der Waals surface area contributed by atoms with E-state index < -0.39 is 10.0 Å². The number of nitrogens with zero attached hydrogens (tertiary/aromatic N) is 1. The van der Waals surface area contributed by atoms with Crippen molar-refractivity contribution in [3.05, 3.63) is 23.3 Å². The number of aliphatic hydroxyl groups is 1. The maximum atomic E-state index is 12.4. The van der Waals surface area contributed by atoms with Crippen LogP contribution in [-0.2, 0) is 10.0 Å². The van der Waals surface area contributed by atoms with E-state index in [9.17, 15) is 8.42 Å². The van der Waals surface area contributed by atoms with E-state index in [-0.39, 0.29) is 11.5 Å². The highest BCUT2D eigenvalue weighted by Gasteiger charge is 2.21. The molecule has 1 aromatic carbocycles. The largest absolute Gasteiger partial charge is 0.398 e. The van der Waals surface area contributed by atoms with Crippen molar-refractivity contribution in [3.63, 3.8) is 0 Å². The number of sulfonamides is 1. The summed E-state index contributed by atoms with van der Waals surface area (Å²) in [6.45, 7) is 4.31. The minimum absolute atomic E-state index is 0.143. The lowest BCUT2D eigenvalue weighted by atomic mass is 10.1. The summed E-state index contributed by atoms with van der Waals surface area (Å²) in [6.07, 6.45) is 2.24. The molecule has 1 rings (SSSR count). The molecular weight excluding hydrogens is 276 g/mol. The van der Waals surface area contributed by atoms with E-state index in [1.54, 1.807) is 13.1 Å². The molecule has 0 radical (unpaired) electrons. The highest BCUT2D eigenvalue weighted by molar-refractivity contribution is 7.89. The summed E-state index contributed by atoms with van der Waals surface area (Å²) in [4.78, 5) is 0.239. The number of nitrogen functional groups attached to an aromatic ring is 1. The smallest absolute Gasteiger partial charge is 0.242 e. The Morgan fingerprint density at radius 3 is 2.40 bits per heavy atom. The maximum absolute atomic E-state index is 12.4. The van der Waals surface area contributed by atoms with Gasteiger partial charge in [-0.05, 0) is 56.4 Å². The molecule has 0 aromatic heterocycles. The van der Waals surface area contributed by atoms with Gasteiger partial charge in [-0.3, -0.25) is 0 Å². The van der Waals surface area contributed by atoms with Crippen LogP contribution >= 0.6 is 0 Å². The summed E-state index contributed by atoms with van der Waals surface area (Å²) in [5.74, 6) is 0. The zero-order valence-corrected chi connectivity index (χ0v) is 13.2. The molecule has 0 amide bonds. The van der Waals surface area contributed by atoms with Gasteiger partial charge in [-0.1, -0.05) is 0 Å². The fourth-order valence-electron chi connectivity index (χ4n) is 1.92. The Hall–Kier alpha value is -1.11. The molecule has 0 heterocycles. The van der Waals surface area contributed by atoms with Crippen LogP contribution in [0.1, 0.15) is 30.4 Å². The average Bonchev–Trinajstić information content (AvgIpc) is 2.40. The molecule has 3 N–H and O–H groups in total. The number of aliphatic hydroxyl groups excluding tert-OH is 1. The molecular formula is C14H24N2O3S. The molecule has 0 fully saturated rings. The van der Waals surface area contributed by atoms with Gasteiger partial charge in [0.15, 0.2) is 0 Å². The molecule has 0 spiro atoms. The third-order valence-electron chi connectivity index (χ3n) is 3.52. The molecule has 0 atom stereocenters. The van der Waals surface area contributed by atoms with Gasteiger partial charge in [0.2, 0.25) is 10.0 Å². The van der Waals surface area contributed by atoms with E-state index in [0.29, 0.717) is 18.7 Å². The van der Waals surface area contributed by atoms with Gasteiger partial charge in [0.05, 0.1) is 4.90 Å². The summed E-state index contributed by atoms with van der Waals surface area (Å²) in [6, 6.07) is 3.17. The summed E-state index contributed by atoms with van der Waals surface area (Å²) in [5, 5.41) is 8.71. The van der Waals surface area contributed by atoms with Gasteiger partial charge in [0, 0.05) is 25.9 Å².